The largest absolute Gasteiger partial charge is 0.506 e. The molecule has 198 valence electrons. The average molecular weight is 601 g/mol. The van der Waals surface area contributed by atoms with E-state index >= 15 is 0 Å². The fraction of sp³-hybridized carbons (Fsp3) is 0.400. The smallest absolute Gasteiger partial charge is 0.416 e. The number of hydrogen-bond donors (Lipinski definition) is 2. The minimum atomic E-state index is -4.73. The monoisotopic (exact) mass is 600 g/mol. The van der Waals surface area contributed by atoms with Crippen LogP contribution in [0.4, 0.5) is 13.2 Å². The lowest BCUT2D eigenvalue weighted by molar-refractivity contribution is -0.137. The minimum Gasteiger partial charge on any atom is -0.506 e. The van der Waals surface area contributed by atoms with Crippen LogP contribution >= 0.6 is 15.9 Å². The Labute approximate surface area is 219 Å². The van der Waals surface area contributed by atoms with Crippen molar-refractivity contribution in [1.82, 2.24) is 9.47 Å². The predicted octanol–water partition coefficient (Wildman–Crippen LogP) is 5.73. The van der Waals surface area contributed by atoms with Crippen molar-refractivity contribution in [1.29, 1.82) is 0 Å². The van der Waals surface area contributed by atoms with Crippen molar-refractivity contribution in [3.63, 3.8) is 0 Å². The molecule has 37 heavy (non-hydrogen) atoms. The van der Waals surface area contributed by atoms with Crippen LogP contribution in [0.5, 0.6) is 5.75 Å². The van der Waals surface area contributed by atoms with Gasteiger partial charge in [-0.15, -0.1) is 0 Å². The first-order valence-electron chi connectivity index (χ1n) is 11.8. The molecule has 12 heteroatoms. The van der Waals surface area contributed by atoms with E-state index in [1.165, 1.54) is 0 Å². The number of phenols is 1. The standard InChI is InChI=1S/C25H24BrF3N2O5S/c26-18-11-19-21(17(23(18)32)12-30-8-1-2-9-30)22(24(33)34)20(31(19)15-6-7-15)13-37(35,36)16-5-3-4-14(10-16)25(27,28)29/h3-5,10-11,15,32H,1-2,6-9,12-13H2,(H,33,34). The summed E-state index contributed by atoms with van der Waals surface area (Å²) in [6, 6.07) is 4.90. The van der Waals surface area contributed by atoms with E-state index in [-0.39, 0.29) is 35.0 Å². The molecule has 1 saturated heterocycles. The second-order valence-corrected chi connectivity index (χ2v) is 12.4. The number of carbonyl (C=O) groups is 1. The first-order chi connectivity index (χ1) is 17.4. The highest BCUT2D eigenvalue weighted by molar-refractivity contribution is 9.10. The number of likely N-dealkylation sites (tertiary alicyclic amines) is 1. The topological polar surface area (TPSA) is 99.8 Å². The summed E-state index contributed by atoms with van der Waals surface area (Å²) in [5, 5.41) is 21.5. The number of rotatable bonds is 7. The zero-order valence-electron chi connectivity index (χ0n) is 19.6. The second-order valence-electron chi connectivity index (χ2n) is 9.58. The quantitative estimate of drug-likeness (QED) is 0.359. The fourth-order valence-corrected chi connectivity index (χ4v) is 6.98. The molecule has 0 atom stereocenters. The Bertz CT molecular complexity index is 1510. The van der Waals surface area contributed by atoms with Crippen molar-refractivity contribution < 1.29 is 36.6 Å². The average Bonchev–Trinajstić information content (AvgIpc) is 3.42. The first kappa shape index (κ1) is 26.1. The molecule has 2 aromatic carbocycles. The van der Waals surface area contributed by atoms with E-state index < -0.39 is 38.2 Å². The predicted molar refractivity (Wildman–Crippen MR) is 133 cm³/mol. The van der Waals surface area contributed by atoms with Crippen LogP contribution in [-0.4, -0.2) is 47.2 Å². The summed E-state index contributed by atoms with van der Waals surface area (Å²) >= 11 is 3.36. The number of carboxylic acid groups (broad SMARTS) is 1. The molecule has 0 unspecified atom stereocenters. The molecule has 0 radical (unpaired) electrons. The lowest BCUT2D eigenvalue weighted by Gasteiger charge is -2.18. The van der Waals surface area contributed by atoms with Crippen molar-refractivity contribution in [2.75, 3.05) is 13.1 Å². The van der Waals surface area contributed by atoms with E-state index in [1.807, 2.05) is 0 Å². The maximum Gasteiger partial charge on any atom is 0.416 e. The summed E-state index contributed by atoms with van der Waals surface area (Å²) in [4.78, 5) is 14.2. The van der Waals surface area contributed by atoms with Gasteiger partial charge in [0.2, 0.25) is 0 Å². The number of nitrogens with zero attached hydrogens (tertiary/aromatic N) is 2. The van der Waals surface area contributed by atoms with E-state index in [4.69, 9.17) is 0 Å². The van der Waals surface area contributed by atoms with Gasteiger partial charge in [0.05, 0.1) is 31.8 Å². The van der Waals surface area contributed by atoms with Gasteiger partial charge in [0.1, 0.15) is 5.75 Å². The summed E-state index contributed by atoms with van der Waals surface area (Å²) in [6.07, 6.45) is -1.35. The van der Waals surface area contributed by atoms with E-state index in [0.29, 0.717) is 34.5 Å². The third-order valence-corrected chi connectivity index (χ3v) is 9.21. The molecule has 2 N–H and O–H groups in total. The molecular formula is C25H24BrF3N2O5S. The van der Waals surface area contributed by atoms with Crippen LogP contribution in [0.25, 0.3) is 10.9 Å². The zero-order chi connectivity index (χ0) is 26.7. The molecule has 1 aromatic heterocycles. The van der Waals surface area contributed by atoms with Gasteiger partial charge in [-0.2, -0.15) is 13.2 Å². The summed E-state index contributed by atoms with van der Waals surface area (Å²) in [5.41, 5.74) is -0.470. The van der Waals surface area contributed by atoms with Crippen LogP contribution in [0, 0.1) is 0 Å². The SMILES string of the molecule is O=C(O)c1c(CS(=O)(=O)c2cccc(C(F)(F)F)c2)n(C2CC2)c2cc(Br)c(O)c(CN3CCCC3)c12. The van der Waals surface area contributed by atoms with Crippen LogP contribution in [0.1, 0.15) is 58.9 Å². The van der Waals surface area contributed by atoms with Crippen LogP contribution in [0.3, 0.4) is 0 Å². The molecule has 0 bridgehead atoms. The van der Waals surface area contributed by atoms with E-state index in [9.17, 15) is 36.6 Å². The van der Waals surface area contributed by atoms with Crippen LogP contribution in [0.2, 0.25) is 0 Å². The normalized spacial score (nSPS) is 17.1. The van der Waals surface area contributed by atoms with Gasteiger partial charge in [-0.05, 0) is 79.0 Å². The molecule has 1 saturated carbocycles. The molecular weight excluding hydrogens is 577 g/mol. The van der Waals surface area contributed by atoms with Crippen LogP contribution < -0.4 is 0 Å². The Balaban J connectivity index is 1.71. The number of aromatic nitrogens is 1. The van der Waals surface area contributed by atoms with Gasteiger partial charge in [-0.3, -0.25) is 4.90 Å². The van der Waals surface area contributed by atoms with Gasteiger partial charge >= 0.3 is 12.1 Å². The van der Waals surface area contributed by atoms with Crippen molar-refractivity contribution in [3.05, 3.63) is 57.2 Å². The minimum absolute atomic E-state index is 0.00239. The molecule has 3 aromatic rings. The molecule has 0 spiro atoms. The summed E-state index contributed by atoms with van der Waals surface area (Å²) in [6.45, 7) is 1.86. The summed E-state index contributed by atoms with van der Waals surface area (Å²) in [5.74, 6) is -2.26. The number of alkyl halides is 3. The highest BCUT2D eigenvalue weighted by atomic mass is 79.9. The number of carboxylic acids is 1. The van der Waals surface area contributed by atoms with Crippen molar-refractivity contribution >= 4 is 42.6 Å². The Kier molecular flexibility index (Phi) is 6.56. The third-order valence-electron chi connectivity index (χ3n) is 6.98. The number of phenolic OH excluding ortho intramolecular Hbond substituents is 1. The van der Waals surface area contributed by atoms with Crippen LogP contribution in [-0.2, 0) is 28.3 Å². The molecule has 2 heterocycles. The Morgan fingerprint density at radius 1 is 1.14 bits per heavy atom. The number of aromatic carboxylic acids is 1. The highest BCUT2D eigenvalue weighted by Crippen LogP contribution is 2.47. The molecule has 0 amide bonds. The van der Waals surface area contributed by atoms with E-state index in [1.54, 1.807) is 10.6 Å². The van der Waals surface area contributed by atoms with Crippen molar-refractivity contribution in [3.8, 4) is 5.75 Å². The molecule has 2 fully saturated rings. The number of fused-ring (bicyclic) bond motifs is 1. The Morgan fingerprint density at radius 3 is 2.41 bits per heavy atom. The molecule has 5 rings (SSSR count). The Morgan fingerprint density at radius 2 is 1.81 bits per heavy atom. The summed E-state index contributed by atoms with van der Waals surface area (Å²) < 4.78 is 68.6. The maximum absolute atomic E-state index is 13.4. The molecule has 2 aliphatic rings. The molecule has 1 aliphatic carbocycles. The second kappa shape index (κ2) is 9.32. The number of sulfone groups is 1. The number of hydrogen-bond acceptors (Lipinski definition) is 5. The van der Waals surface area contributed by atoms with E-state index in [0.717, 1.165) is 44.1 Å². The van der Waals surface area contributed by atoms with Gasteiger partial charge in [0.25, 0.3) is 0 Å². The molecule has 1 aliphatic heterocycles. The van der Waals surface area contributed by atoms with Gasteiger partial charge in [0.15, 0.2) is 9.84 Å². The number of halogens is 4. The zero-order valence-corrected chi connectivity index (χ0v) is 22.0. The van der Waals surface area contributed by atoms with Gasteiger partial charge in [0, 0.05) is 29.2 Å². The fourth-order valence-electron chi connectivity index (χ4n) is 5.13. The lowest BCUT2D eigenvalue weighted by atomic mass is 10.0. The lowest BCUT2D eigenvalue weighted by Crippen LogP contribution is -2.19. The number of benzene rings is 2. The Hall–Kier alpha value is -2.57. The highest BCUT2D eigenvalue weighted by Gasteiger charge is 2.37. The molecule has 7 nitrogen and oxygen atoms in total. The first-order valence-corrected chi connectivity index (χ1v) is 14.3. The van der Waals surface area contributed by atoms with E-state index in [2.05, 4.69) is 20.8 Å². The summed E-state index contributed by atoms with van der Waals surface area (Å²) in [7, 11) is -4.35. The third kappa shape index (κ3) is 4.86. The van der Waals surface area contributed by atoms with Gasteiger partial charge in [-0.1, -0.05) is 6.07 Å². The van der Waals surface area contributed by atoms with Gasteiger partial charge in [-0.25, -0.2) is 13.2 Å². The number of aromatic hydroxyl groups is 1. The van der Waals surface area contributed by atoms with Crippen molar-refractivity contribution in [2.24, 2.45) is 0 Å². The van der Waals surface area contributed by atoms with Crippen molar-refractivity contribution in [2.45, 2.75) is 55.1 Å². The van der Waals surface area contributed by atoms with Crippen LogP contribution in [0.15, 0.2) is 39.7 Å². The maximum atomic E-state index is 13.4. The van der Waals surface area contributed by atoms with Gasteiger partial charge < -0.3 is 14.8 Å².